The average molecular weight is 379 g/mol. The summed E-state index contributed by atoms with van der Waals surface area (Å²) >= 11 is 0. The standard InChI is InChI=1S/C22H34O5/c1-22(2,3)27-21(24)18-13-12-14-19(17-18)26-16-11-9-7-5-6-8-10-15-20(23)25-4/h12-14,17H,5-11,15-16H2,1-4H3. The van der Waals surface area contributed by atoms with Crippen LogP contribution in [-0.2, 0) is 14.3 Å². The fourth-order valence-corrected chi connectivity index (χ4v) is 2.60. The Morgan fingerprint density at radius 2 is 1.56 bits per heavy atom. The van der Waals surface area contributed by atoms with Crippen LogP contribution in [0.4, 0.5) is 0 Å². The Bertz CT molecular complexity index is 574. The summed E-state index contributed by atoms with van der Waals surface area (Å²) in [5.74, 6) is 0.240. The molecule has 0 radical (unpaired) electrons. The molecule has 1 aromatic carbocycles. The van der Waals surface area contributed by atoms with E-state index < -0.39 is 5.60 Å². The van der Waals surface area contributed by atoms with Gasteiger partial charge in [0.05, 0.1) is 19.3 Å². The van der Waals surface area contributed by atoms with Gasteiger partial charge in [0.1, 0.15) is 11.4 Å². The summed E-state index contributed by atoms with van der Waals surface area (Å²) in [6.07, 6.45) is 8.09. The van der Waals surface area contributed by atoms with Crippen molar-refractivity contribution in [1.29, 1.82) is 0 Å². The van der Waals surface area contributed by atoms with Crippen LogP contribution in [0.15, 0.2) is 24.3 Å². The van der Waals surface area contributed by atoms with Gasteiger partial charge in [-0.25, -0.2) is 4.79 Å². The van der Waals surface area contributed by atoms with Gasteiger partial charge in [0.2, 0.25) is 0 Å². The molecule has 0 bridgehead atoms. The predicted octanol–water partition coefficient (Wildman–Crippen LogP) is 5.31. The molecule has 0 spiro atoms. The van der Waals surface area contributed by atoms with Crippen molar-refractivity contribution >= 4 is 11.9 Å². The van der Waals surface area contributed by atoms with E-state index in [-0.39, 0.29) is 11.9 Å². The van der Waals surface area contributed by atoms with E-state index in [9.17, 15) is 9.59 Å². The SMILES string of the molecule is COC(=O)CCCCCCCCCOc1cccc(C(=O)OC(C)(C)C)c1. The van der Waals surface area contributed by atoms with Crippen molar-refractivity contribution in [2.45, 2.75) is 77.7 Å². The highest BCUT2D eigenvalue weighted by Gasteiger charge is 2.18. The van der Waals surface area contributed by atoms with Crippen LogP contribution in [0.3, 0.4) is 0 Å². The van der Waals surface area contributed by atoms with Crippen molar-refractivity contribution in [1.82, 2.24) is 0 Å². The number of benzene rings is 1. The van der Waals surface area contributed by atoms with Crippen molar-refractivity contribution in [2.75, 3.05) is 13.7 Å². The maximum absolute atomic E-state index is 12.1. The normalized spacial score (nSPS) is 11.1. The zero-order chi connectivity index (χ0) is 20.1. The topological polar surface area (TPSA) is 61.8 Å². The Morgan fingerprint density at radius 3 is 2.19 bits per heavy atom. The van der Waals surface area contributed by atoms with E-state index in [1.165, 1.54) is 20.0 Å². The van der Waals surface area contributed by atoms with Crippen LogP contribution in [0, 0.1) is 0 Å². The third kappa shape index (κ3) is 11.3. The third-order valence-electron chi connectivity index (χ3n) is 3.99. The van der Waals surface area contributed by atoms with Crippen molar-refractivity contribution in [3.8, 4) is 5.75 Å². The van der Waals surface area contributed by atoms with Gasteiger partial charge >= 0.3 is 11.9 Å². The maximum Gasteiger partial charge on any atom is 0.338 e. The molecule has 152 valence electrons. The minimum absolute atomic E-state index is 0.122. The van der Waals surface area contributed by atoms with Crippen molar-refractivity contribution in [3.63, 3.8) is 0 Å². The Morgan fingerprint density at radius 1 is 0.926 bits per heavy atom. The fraction of sp³-hybridized carbons (Fsp3) is 0.636. The van der Waals surface area contributed by atoms with Crippen LogP contribution in [0.1, 0.15) is 82.5 Å². The number of hydrogen-bond acceptors (Lipinski definition) is 5. The van der Waals surface area contributed by atoms with E-state index >= 15 is 0 Å². The summed E-state index contributed by atoms with van der Waals surface area (Å²) in [6.45, 7) is 6.19. The average Bonchev–Trinajstić information content (AvgIpc) is 2.61. The van der Waals surface area contributed by atoms with Crippen molar-refractivity contribution < 1.29 is 23.8 Å². The molecule has 0 N–H and O–H groups in total. The zero-order valence-corrected chi connectivity index (χ0v) is 17.2. The second kappa shape index (κ2) is 12.4. The van der Waals surface area contributed by atoms with Crippen molar-refractivity contribution in [3.05, 3.63) is 29.8 Å². The van der Waals surface area contributed by atoms with Gasteiger partial charge in [-0.2, -0.15) is 0 Å². The molecule has 1 aromatic rings. The van der Waals surface area contributed by atoms with Gasteiger partial charge in [-0.15, -0.1) is 0 Å². The lowest BCUT2D eigenvalue weighted by Crippen LogP contribution is -2.23. The first-order chi connectivity index (χ1) is 12.8. The Labute approximate surface area is 163 Å². The number of esters is 2. The number of methoxy groups -OCH3 is 1. The van der Waals surface area contributed by atoms with Gasteiger partial charge in [-0.1, -0.05) is 38.2 Å². The van der Waals surface area contributed by atoms with Gasteiger partial charge in [-0.05, 0) is 51.8 Å². The number of carbonyl (C=O) groups is 2. The fourth-order valence-electron chi connectivity index (χ4n) is 2.60. The van der Waals surface area contributed by atoms with E-state index in [1.54, 1.807) is 12.1 Å². The molecule has 0 aliphatic heterocycles. The molecule has 5 heteroatoms. The molecule has 0 aliphatic rings. The molecular weight excluding hydrogens is 344 g/mol. The summed E-state index contributed by atoms with van der Waals surface area (Å²) in [7, 11) is 1.43. The molecule has 0 aliphatic carbocycles. The first-order valence-electron chi connectivity index (χ1n) is 9.85. The van der Waals surface area contributed by atoms with Crippen LogP contribution >= 0.6 is 0 Å². The summed E-state index contributed by atoms with van der Waals surface area (Å²) in [6, 6.07) is 7.13. The van der Waals surface area contributed by atoms with Crippen LogP contribution < -0.4 is 4.74 Å². The molecule has 0 heterocycles. The van der Waals surface area contributed by atoms with Crippen LogP contribution in [0.25, 0.3) is 0 Å². The zero-order valence-electron chi connectivity index (χ0n) is 17.2. The Kier molecular flexibility index (Phi) is 10.5. The van der Waals surface area contributed by atoms with Crippen LogP contribution in [-0.4, -0.2) is 31.3 Å². The third-order valence-corrected chi connectivity index (χ3v) is 3.99. The number of ether oxygens (including phenoxy) is 3. The van der Waals surface area contributed by atoms with Crippen LogP contribution in [0.5, 0.6) is 5.75 Å². The highest BCUT2D eigenvalue weighted by Crippen LogP contribution is 2.18. The Hall–Kier alpha value is -2.04. The lowest BCUT2D eigenvalue weighted by molar-refractivity contribution is -0.140. The molecule has 0 saturated heterocycles. The van der Waals surface area contributed by atoms with E-state index in [2.05, 4.69) is 4.74 Å². The molecule has 1 rings (SSSR count). The van der Waals surface area contributed by atoms with Crippen molar-refractivity contribution in [2.24, 2.45) is 0 Å². The summed E-state index contributed by atoms with van der Waals surface area (Å²) < 4.78 is 15.7. The van der Waals surface area contributed by atoms with E-state index in [0.717, 1.165) is 32.1 Å². The lowest BCUT2D eigenvalue weighted by atomic mass is 10.1. The Balaban J connectivity index is 2.14. The smallest absolute Gasteiger partial charge is 0.338 e. The largest absolute Gasteiger partial charge is 0.494 e. The second-order valence-electron chi connectivity index (χ2n) is 7.68. The number of carbonyl (C=O) groups excluding carboxylic acids is 2. The van der Waals surface area contributed by atoms with Gasteiger partial charge in [0.15, 0.2) is 0 Å². The summed E-state index contributed by atoms with van der Waals surface area (Å²) in [5.41, 5.74) is 0.00199. The molecule has 0 amide bonds. The first-order valence-corrected chi connectivity index (χ1v) is 9.85. The number of rotatable bonds is 12. The highest BCUT2D eigenvalue weighted by atomic mass is 16.6. The summed E-state index contributed by atoms with van der Waals surface area (Å²) in [4.78, 5) is 23.1. The van der Waals surface area contributed by atoms with E-state index in [0.29, 0.717) is 24.3 Å². The van der Waals surface area contributed by atoms with E-state index in [4.69, 9.17) is 9.47 Å². The molecule has 5 nitrogen and oxygen atoms in total. The lowest BCUT2D eigenvalue weighted by Gasteiger charge is -2.19. The minimum Gasteiger partial charge on any atom is -0.494 e. The van der Waals surface area contributed by atoms with Crippen LogP contribution in [0.2, 0.25) is 0 Å². The molecule has 0 aromatic heterocycles. The molecule has 0 atom stereocenters. The quantitative estimate of drug-likeness (QED) is 0.364. The highest BCUT2D eigenvalue weighted by molar-refractivity contribution is 5.90. The molecule has 0 saturated carbocycles. The van der Waals surface area contributed by atoms with Gasteiger partial charge in [-0.3, -0.25) is 4.79 Å². The summed E-state index contributed by atoms with van der Waals surface area (Å²) in [5, 5.41) is 0. The van der Waals surface area contributed by atoms with Gasteiger partial charge in [0, 0.05) is 6.42 Å². The molecular formula is C22H34O5. The van der Waals surface area contributed by atoms with E-state index in [1.807, 2.05) is 32.9 Å². The predicted molar refractivity (Wildman–Crippen MR) is 106 cm³/mol. The molecule has 0 unspecified atom stereocenters. The number of hydrogen-bond donors (Lipinski definition) is 0. The second-order valence-corrected chi connectivity index (χ2v) is 7.68. The minimum atomic E-state index is -0.507. The molecule has 27 heavy (non-hydrogen) atoms. The molecule has 0 fully saturated rings. The monoisotopic (exact) mass is 378 g/mol. The maximum atomic E-state index is 12.1. The van der Waals surface area contributed by atoms with Gasteiger partial charge in [0.25, 0.3) is 0 Å². The van der Waals surface area contributed by atoms with Gasteiger partial charge < -0.3 is 14.2 Å². The number of unbranched alkanes of at least 4 members (excludes halogenated alkanes) is 6. The first kappa shape index (κ1) is 23.0.